The number of carbonyl (C=O) groups is 3. The van der Waals surface area contributed by atoms with Crippen molar-refractivity contribution in [3.63, 3.8) is 0 Å². The van der Waals surface area contributed by atoms with Gasteiger partial charge >= 0.3 is 0 Å². The Morgan fingerprint density at radius 2 is 1.60 bits per heavy atom. The van der Waals surface area contributed by atoms with Gasteiger partial charge in [-0.1, -0.05) is 12.1 Å². The first kappa shape index (κ1) is 23.0. The monoisotopic (exact) mass is 478 g/mol. The highest BCUT2D eigenvalue weighted by Crippen LogP contribution is 2.60. The number of benzene rings is 1. The zero-order valence-corrected chi connectivity index (χ0v) is 20.6. The number of anilines is 1. The maximum Gasteiger partial charge on any atom is 0.247 e. The number of nitrogens with one attached hydrogen (secondary N) is 1. The van der Waals surface area contributed by atoms with Gasteiger partial charge in [-0.05, 0) is 106 Å². The summed E-state index contributed by atoms with van der Waals surface area (Å²) in [6.07, 6.45) is 10.4. The van der Waals surface area contributed by atoms with Crippen LogP contribution in [-0.4, -0.2) is 52.7 Å². The molecule has 2 unspecified atom stereocenters. The Morgan fingerprint density at radius 1 is 0.943 bits per heavy atom. The third-order valence-electron chi connectivity index (χ3n) is 9.58. The van der Waals surface area contributed by atoms with Crippen molar-refractivity contribution in [3.05, 3.63) is 29.8 Å². The third-order valence-corrected chi connectivity index (χ3v) is 9.58. The predicted octanol–water partition coefficient (Wildman–Crippen LogP) is 3.28. The normalized spacial score (nSPS) is 36.0. The number of rotatable bonds is 6. The van der Waals surface area contributed by atoms with Crippen LogP contribution >= 0.6 is 0 Å². The molecule has 35 heavy (non-hydrogen) atoms. The fourth-order valence-corrected chi connectivity index (χ4v) is 8.50. The van der Waals surface area contributed by atoms with E-state index in [9.17, 15) is 14.4 Å². The average Bonchev–Trinajstić information content (AvgIpc) is 3.48. The van der Waals surface area contributed by atoms with E-state index in [2.05, 4.69) is 10.2 Å². The van der Waals surface area contributed by atoms with Crippen molar-refractivity contribution in [1.29, 1.82) is 0 Å². The van der Waals surface area contributed by atoms with Gasteiger partial charge in [-0.25, -0.2) is 0 Å². The van der Waals surface area contributed by atoms with E-state index in [0.717, 1.165) is 62.7 Å². The molecular weight excluding hydrogens is 440 g/mol. The molecule has 4 bridgehead atoms. The molecule has 2 saturated heterocycles. The van der Waals surface area contributed by atoms with Crippen LogP contribution in [0.15, 0.2) is 24.3 Å². The van der Waals surface area contributed by atoms with Crippen LogP contribution in [0.2, 0.25) is 0 Å². The Hall–Kier alpha value is -2.41. The number of primary amides is 1. The van der Waals surface area contributed by atoms with Crippen molar-refractivity contribution in [2.75, 3.05) is 18.4 Å². The molecule has 3 N–H and O–H groups in total. The minimum absolute atomic E-state index is 0.0751. The number of carbonyl (C=O) groups excluding carboxylic acids is 3. The summed E-state index contributed by atoms with van der Waals surface area (Å²) in [5.74, 6) is 2.06. The van der Waals surface area contributed by atoms with E-state index in [1.807, 2.05) is 29.2 Å². The van der Waals surface area contributed by atoms with Gasteiger partial charge in [0.1, 0.15) is 6.04 Å². The van der Waals surface area contributed by atoms with Gasteiger partial charge < -0.3 is 16.0 Å². The van der Waals surface area contributed by atoms with Crippen LogP contribution in [-0.2, 0) is 20.9 Å². The number of hydrogen-bond donors (Lipinski definition) is 2. The van der Waals surface area contributed by atoms with Crippen molar-refractivity contribution in [3.8, 4) is 0 Å². The lowest BCUT2D eigenvalue weighted by Crippen LogP contribution is -2.56. The van der Waals surface area contributed by atoms with Gasteiger partial charge in [-0.15, -0.1) is 0 Å². The summed E-state index contributed by atoms with van der Waals surface area (Å²) in [7, 11) is 0. The van der Waals surface area contributed by atoms with Gasteiger partial charge in [0.05, 0.1) is 11.5 Å². The summed E-state index contributed by atoms with van der Waals surface area (Å²) >= 11 is 0. The maximum absolute atomic E-state index is 13.9. The number of nitrogens with zero attached hydrogens (tertiary/aromatic N) is 2. The minimum Gasteiger partial charge on any atom is -0.368 e. The zero-order chi connectivity index (χ0) is 24.2. The molecule has 0 spiro atoms. The molecular formula is C28H38N4O3. The van der Waals surface area contributed by atoms with E-state index < -0.39 is 0 Å². The van der Waals surface area contributed by atoms with E-state index in [-0.39, 0.29) is 35.2 Å². The molecule has 0 aromatic heterocycles. The molecule has 1 aromatic carbocycles. The molecule has 2 aliphatic heterocycles. The number of hydrogen-bond acceptors (Lipinski definition) is 4. The Kier molecular flexibility index (Phi) is 5.86. The zero-order valence-electron chi connectivity index (χ0n) is 20.6. The number of nitrogens with two attached hydrogens (primary N) is 1. The molecule has 4 aliphatic carbocycles. The smallest absolute Gasteiger partial charge is 0.247 e. The molecule has 1 aromatic rings. The standard InChI is InChI=1S/C28H38N4O3/c29-25(33)23-6-2-8-31(23)17-18-4-1-5-22(13-18)30-26(34)24-7-3-9-32(24)27(35)28-14-19-10-20(15-28)12-21(11-19)16-28/h1,4-5,13,19-21,23-24H,2-3,6-12,14-17H2,(H2,29,33)(H,30,34). The Morgan fingerprint density at radius 3 is 2.29 bits per heavy atom. The van der Waals surface area contributed by atoms with Crippen LogP contribution in [0.3, 0.4) is 0 Å². The van der Waals surface area contributed by atoms with Gasteiger partial charge in [0, 0.05) is 18.8 Å². The molecule has 188 valence electrons. The molecule has 7 nitrogen and oxygen atoms in total. The first-order chi connectivity index (χ1) is 16.9. The summed E-state index contributed by atoms with van der Waals surface area (Å²) in [4.78, 5) is 43.1. The van der Waals surface area contributed by atoms with Crippen molar-refractivity contribution in [2.24, 2.45) is 28.9 Å². The lowest BCUT2D eigenvalue weighted by atomic mass is 9.49. The molecule has 3 amide bonds. The largest absolute Gasteiger partial charge is 0.368 e. The van der Waals surface area contributed by atoms with Gasteiger partial charge in [0.15, 0.2) is 0 Å². The van der Waals surface area contributed by atoms with Crippen molar-refractivity contribution in [2.45, 2.75) is 82.8 Å². The predicted molar refractivity (Wildman–Crippen MR) is 133 cm³/mol. The summed E-state index contributed by atoms with van der Waals surface area (Å²) in [6, 6.07) is 7.25. The Labute approximate surface area is 207 Å². The first-order valence-electron chi connectivity index (χ1n) is 13.6. The van der Waals surface area contributed by atoms with Crippen molar-refractivity contribution < 1.29 is 14.4 Å². The topological polar surface area (TPSA) is 95.7 Å². The van der Waals surface area contributed by atoms with Crippen LogP contribution in [0, 0.1) is 23.2 Å². The highest BCUT2D eigenvalue weighted by molar-refractivity contribution is 5.98. The van der Waals surface area contributed by atoms with E-state index in [1.165, 1.54) is 19.3 Å². The van der Waals surface area contributed by atoms with Crippen LogP contribution in [0.25, 0.3) is 0 Å². The van der Waals surface area contributed by atoms with E-state index in [4.69, 9.17) is 5.73 Å². The fraction of sp³-hybridized carbons (Fsp3) is 0.679. The second-order valence-corrected chi connectivity index (χ2v) is 12.1. The van der Waals surface area contributed by atoms with Crippen LogP contribution in [0.4, 0.5) is 5.69 Å². The summed E-state index contributed by atoms with van der Waals surface area (Å²) in [6.45, 7) is 2.19. The van der Waals surface area contributed by atoms with Crippen LogP contribution < -0.4 is 11.1 Å². The summed E-state index contributed by atoms with van der Waals surface area (Å²) in [5.41, 5.74) is 7.16. The Balaban J connectivity index is 1.13. The maximum atomic E-state index is 13.9. The number of likely N-dealkylation sites (tertiary alicyclic amines) is 2. The Bertz CT molecular complexity index is 988. The SMILES string of the molecule is NC(=O)C1CCCN1Cc1cccc(NC(=O)C2CCCN2C(=O)C23CC4CC(CC(C4)C2)C3)c1. The molecule has 7 rings (SSSR count). The van der Waals surface area contributed by atoms with E-state index in [1.54, 1.807) is 0 Å². The molecule has 2 heterocycles. The average molecular weight is 479 g/mol. The summed E-state index contributed by atoms with van der Waals surface area (Å²) in [5, 5.41) is 3.10. The number of amides is 3. The highest BCUT2D eigenvalue weighted by Gasteiger charge is 2.56. The molecule has 4 saturated carbocycles. The van der Waals surface area contributed by atoms with Crippen LogP contribution in [0.1, 0.15) is 69.8 Å². The molecule has 2 atom stereocenters. The first-order valence-corrected chi connectivity index (χ1v) is 13.6. The fourth-order valence-electron chi connectivity index (χ4n) is 8.50. The van der Waals surface area contributed by atoms with Crippen LogP contribution in [0.5, 0.6) is 0 Å². The molecule has 0 radical (unpaired) electrons. The molecule has 6 fully saturated rings. The quantitative estimate of drug-likeness (QED) is 0.656. The van der Waals surface area contributed by atoms with Crippen molar-refractivity contribution in [1.82, 2.24) is 9.80 Å². The summed E-state index contributed by atoms with van der Waals surface area (Å²) < 4.78 is 0. The van der Waals surface area contributed by atoms with E-state index in [0.29, 0.717) is 30.8 Å². The second kappa shape index (κ2) is 8.91. The van der Waals surface area contributed by atoms with E-state index >= 15 is 0 Å². The van der Waals surface area contributed by atoms with Crippen molar-refractivity contribution >= 4 is 23.4 Å². The second-order valence-electron chi connectivity index (χ2n) is 12.1. The molecule has 6 aliphatic rings. The lowest BCUT2D eigenvalue weighted by Gasteiger charge is -2.56. The third kappa shape index (κ3) is 4.26. The minimum atomic E-state index is -0.378. The van der Waals surface area contributed by atoms with Gasteiger partial charge in [0.25, 0.3) is 0 Å². The van der Waals surface area contributed by atoms with Gasteiger partial charge in [0.2, 0.25) is 17.7 Å². The highest BCUT2D eigenvalue weighted by atomic mass is 16.2. The lowest BCUT2D eigenvalue weighted by molar-refractivity contribution is -0.160. The molecule has 7 heteroatoms. The van der Waals surface area contributed by atoms with Gasteiger partial charge in [-0.2, -0.15) is 0 Å². The van der Waals surface area contributed by atoms with Gasteiger partial charge in [-0.3, -0.25) is 19.3 Å².